The zero-order valence-corrected chi connectivity index (χ0v) is 12.9. The van der Waals surface area contributed by atoms with Gasteiger partial charge in [-0.05, 0) is 25.1 Å². The first-order valence-electron chi connectivity index (χ1n) is 7.40. The average Bonchev–Trinajstić information content (AvgIpc) is 2.57. The minimum Gasteiger partial charge on any atom is -0.474 e. The van der Waals surface area contributed by atoms with Crippen molar-refractivity contribution >= 4 is 17.4 Å². The summed E-state index contributed by atoms with van der Waals surface area (Å²) in [5, 5.41) is 0. The largest absolute Gasteiger partial charge is 0.474 e. The molecule has 116 valence electrons. The number of nitrogens with zero attached hydrogens (tertiary/aromatic N) is 1. The highest BCUT2D eigenvalue weighted by Crippen LogP contribution is 2.39. The molecule has 0 aliphatic carbocycles. The van der Waals surface area contributed by atoms with Crippen molar-refractivity contribution in [3.8, 4) is 5.75 Å². The van der Waals surface area contributed by atoms with Gasteiger partial charge in [-0.3, -0.25) is 9.59 Å². The number of anilines is 1. The first-order valence-corrected chi connectivity index (χ1v) is 7.40. The fraction of sp³-hybridized carbons (Fsp3) is 0.158. The second-order valence-electron chi connectivity index (χ2n) is 5.38. The van der Waals surface area contributed by atoms with Gasteiger partial charge < -0.3 is 9.64 Å². The molecule has 1 atom stereocenters. The van der Waals surface area contributed by atoms with Gasteiger partial charge in [-0.15, -0.1) is 6.58 Å². The van der Waals surface area contributed by atoms with Gasteiger partial charge in [0.1, 0.15) is 5.75 Å². The third-order valence-electron chi connectivity index (χ3n) is 3.81. The lowest BCUT2D eigenvalue weighted by molar-refractivity contribution is -0.126. The number of carbonyl (C=O) groups is 2. The van der Waals surface area contributed by atoms with E-state index in [1.807, 2.05) is 30.3 Å². The lowest BCUT2D eigenvalue weighted by Crippen LogP contribution is -2.41. The van der Waals surface area contributed by atoms with Crippen molar-refractivity contribution in [3.63, 3.8) is 0 Å². The van der Waals surface area contributed by atoms with Crippen LogP contribution in [0.2, 0.25) is 0 Å². The number of fused-ring (bicyclic) bond motifs is 1. The molecule has 0 radical (unpaired) electrons. The molecular weight excluding hydrogens is 290 g/mol. The molecule has 1 heterocycles. The lowest BCUT2D eigenvalue weighted by atomic mass is 10.0. The lowest BCUT2D eigenvalue weighted by Gasteiger charge is -2.34. The number of benzene rings is 2. The summed E-state index contributed by atoms with van der Waals surface area (Å²) in [7, 11) is 0. The quantitative estimate of drug-likeness (QED) is 0.641. The number of carbonyl (C=O) groups excluding carboxylic acids is 2. The maximum atomic E-state index is 12.8. The fourth-order valence-corrected chi connectivity index (χ4v) is 2.64. The van der Waals surface area contributed by atoms with Crippen LogP contribution in [-0.4, -0.2) is 18.2 Å². The molecule has 0 aromatic heterocycles. The van der Waals surface area contributed by atoms with Gasteiger partial charge in [0.25, 0.3) is 5.91 Å². The molecule has 1 unspecified atom stereocenters. The Hall–Kier alpha value is -2.88. The van der Waals surface area contributed by atoms with Gasteiger partial charge in [-0.2, -0.15) is 0 Å². The van der Waals surface area contributed by atoms with Gasteiger partial charge in [0, 0.05) is 17.7 Å². The zero-order chi connectivity index (χ0) is 16.4. The van der Waals surface area contributed by atoms with Crippen LogP contribution in [0.3, 0.4) is 0 Å². The Morgan fingerprint density at radius 3 is 2.65 bits per heavy atom. The van der Waals surface area contributed by atoms with Crippen molar-refractivity contribution in [3.05, 3.63) is 72.3 Å². The van der Waals surface area contributed by atoms with Crippen molar-refractivity contribution in [1.29, 1.82) is 0 Å². The summed E-state index contributed by atoms with van der Waals surface area (Å²) in [4.78, 5) is 26.0. The van der Waals surface area contributed by atoms with E-state index in [0.29, 0.717) is 23.5 Å². The van der Waals surface area contributed by atoms with Crippen LogP contribution in [0.4, 0.5) is 5.69 Å². The molecule has 1 aliphatic rings. The molecule has 0 spiro atoms. The third kappa shape index (κ3) is 2.75. The molecule has 0 bridgehead atoms. The fourth-order valence-electron chi connectivity index (χ4n) is 2.64. The van der Waals surface area contributed by atoms with Gasteiger partial charge >= 0.3 is 0 Å². The molecule has 2 aromatic rings. The second-order valence-corrected chi connectivity index (χ2v) is 5.38. The number of hydrogen-bond acceptors (Lipinski definition) is 3. The van der Waals surface area contributed by atoms with E-state index >= 15 is 0 Å². The molecule has 4 heteroatoms. The van der Waals surface area contributed by atoms with Gasteiger partial charge in [-0.25, -0.2) is 0 Å². The molecule has 1 amide bonds. The van der Waals surface area contributed by atoms with Gasteiger partial charge in [-0.1, -0.05) is 36.4 Å². The Kier molecular flexibility index (Phi) is 3.98. The van der Waals surface area contributed by atoms with Crippen molar-refractivity contribution < 1.29 is 14.3 Å². The highest BCUT2D eigenvalue weighted by atomic mass is 16.5. The second kappa shape index (κ2) is 6.08. The van der Waals surface area contributed by atoms with E-state index < -0.39 is 6.10 Å². The highest BCUT2D eigenvalue weighted by Gasteiger charge is 2.35. The van der Waals surface area contributed by atoms with Crippen LogP contribution in [0.5, 0.6) is 5.75 Å². The summed E-state index contributed by atoms with van der Waals surface area (Å²) in [6.07, 6.45) is 0.974. The minimum absolute atomic E-state index is 0.0519. The molecular formula is C19H17NO3. The molecule has 3 rings (SSSR count). The standard InChI is InChI=1S/C19H17NO3/c1-3-11-20-16-12-15(13(2)21)9-10-17(16)23-18(19(20)22)14-7-5-4-6-8-14/h3-10,12,18H,1,11H2,2H3. The van der Waals surface area contributed by atoms with Crippen LogP contribution in [-0.2, 0) is 4.79 Å². The van der Waals surface area contributed by atoms with Crippen LogP contribution in [0.25, 0.3) is 0 Å². The maximum Gasteiger partial charge on any atom is 0.273 e. The smallest absolute Gasteiger partial charge is 0.273 e. The number of ether oxygens (including phenoxy) is 1. The van der Waals surface area contributed by atoms with Gasteiger partial charge in [0.2, 0.25) is 6.10 Å². The summed E-state index contributed by atoms with van der Waals surface area (Å²) in [6, 6.07) is 14.5. The molecule has 0 fully saturated rings. The number of Topliss-reactive ketones (excluding diaryl/α,β-unsaturated/α-hetero) is 1. The normalized spacial score (nSPS) is 16.5. The highest BCUT2D eigenvalue weighted by molar-refractivity contribution is 6.03. The number of rotatable bonds is 4. The van der Waals surface area contributed by atoms with E-state index in [1.54, 1.807) is 29.2 Å². The molecule has 4 nitrogen and oxygen atoms in total. The predicted molar refractivity (Wildman–Crippen MR) is 88.8 cm³/mol. The maximum absolute atomic E-state index is 12.8. The van der Waals surface area contributed by atoms with E-state index in [-0.39, 0.29) is 11.7 Å². The van der Waals surface area contributed by atoms with E-state index in [0.717, 1.165) is 5.56 Å². The molecule has 2 aromatic carbocycles. The van der Waals surface area contributed by atoms with Crippen molar-refractivity contribution in [1.82, 2.24) is 0 Å². The van der Waals surface area contributed by atoms with Crippen LogP contribution < -0.4 is 9.64 Å². The zero-order valence-electron chi connectivity index (χ0n) is 12.9. The topological polar surface area (TPSA) is 46.6 Å². The van der Waals surface area contributed by atoms with Crippen LogP contribution in [0.1, 0.15) is 28.9 Å². The van der Waals surface area contributed by atoms with Crippen LogP contribution in [0, 0.1) is 0 Å². The Labute approximate surface area is 135 Å². The number of hydrogen-bond donors (Lipinski definition) is 0. The van der Waals surface area contributed by atoms with E-state index in [1.165, 1.54) is 6.92 Å². The van der Waals surface area contributed by atoms with Crippen molar-refractivity contribution in [2.75, 3.05) is 11.4 Å². The number of ketones is 1. The van der Waals surface area contributed by atoms with Crippen LogP contribution >= 0.6 is 0 Å². The minimum atomic E-state index is -0.688. The summed E-state index contributed by atoms with van der Waals surface area (Å²) in [5.74, 6) is 0.374. The Morgan fingerprint density at radius 1 is 1.26 bits per heavy atom. The SMILES string of the molecule is C=CCN1C(=O)C(c2ccccc2)Oc2ccc(C(C)=O)cc21. The van der Waals surface area contributed by atoms with Gasteiger partial charge in [0.15, 0.2) is 5.78 Å². The average molecular weight is 307 g/mol. The Balaban J connectivity index is 2.07. The first-order chi connectivity index (χ1) is 11.1. The third-order valence-corrected chi connectivity index (χ3v) is 3.81. The molecule has 0 N–H and O–H groups in total. The predicted octanol–water partition coefficient (Wildman–Crippen LogP) is 3.54. The Bertz CT molecular complexity index is 767. The summed E-state index contributed by atoms with van der Waals surface area (Å²) in [6.45, 7) is 5.57. The van der Waals surface area contributed by atoms with Crippen molar-refractivity contribution in [2.45, 2.75) is 13.0 Å². The molecule has 0 saturated carbocycles. The monoisotopic (exact) mass is 307 g/mol. The van der Waals surface area contributed by atoms with E-state index in [2.05, 4.69) is 6.58 Å². The van der Waals surface area contributed by atoms with E-state index in [4.69, 9.17) is 4.74 Å². The first kappa shape index (κ1) is 15.0. The van der Waals surface area contributed by atoms with Gasteiger partial charge in [0.05, 0.1) is 5.69 Å². The molecule has 1 aliphatic heterocycles. The number of amides is 1. The van der Waals surface area contributed by atoms with Crippen molar-refractivity contribution in [2.24, 2.45) is 0 Å². The Morgan fingerprint density at radius 2 is 2.00 bits per heavy atom. The van der Waals surface area contributed by atoms with E-state index in [9.17, 15) is 9.59 Å². The summed E-state index contributed by atoms with van der Waals surface area (Å²) >= 11 is 0. The van der Waals surface area contributed by atoms with Crippen LogP contribution in [0.15, 0.2) is 61.2 Å². The summed E-state index contributed by atoms with van der Waals surface area (Å²) < 4.78 is 5.90. The molecule has 0 saturated heterocycles. The summed E-state index contributed by atoms with van der Waals surface area (Å²) in [5.41, 5.74) is 1.95. The molecule has 23 heavy (non-hydrogen) atoms.